The van der Waals surface area contributed by atoms with Crippen molar-refractivity contribution in [2.45, 2.75) is 31.3 Å². The number of methoxy groups -OCH3 is 1. The second-order valence-corrected chi connectivity index (χ2v) is 6.87. The maximum atomic E-state index is 13.2. The molecule has 0 spiro atoms. The second-order valence-electron chi connectivity index (χ2n) is 5.88. The predicted octanol–water partition coefficient (Wildman–Crippen LogP) is 2.60. The van der Waals surface area contributed by atoms with Gasteiger partial charge in [0.15, 0.2) is 0 Å². The number of halogens is 1. The molecule has 1 heterocycles. The molecule has 0 aliphatic carbocycles. The van der Waals surface area contributed by atoms with Crippen LogP contribution in [0, 0.1) is 0 Å². The molecular weight excluding hydrogens is 360 g/mol. The summed E-state index contributed by atoms with van der Waals surface area (Å²) in [4.78, 5) is 27.3. The summed E-state index contributed by atoms with van der Waals surface area (Å²) >= 11 is 1.67. The molecule has 1 atom stereocenters. The van der Waals surface area contributed by atoms with Crippen LogP contribution in [-0.2, 0) is 9.53 Å². The summed E-state index contributed by atoms with van der Waals surface area (Å²) in [6, 6.07) is 8.73. The molecular formula is C18H27ClN2O3S. The van der Waals surface area contributed by atoms with E-state index in [2.05, 4.69) is 5.32 Å². The second kappa shape index (κ2) is 11.4. The van der Waals surface area contributed by atoms with Crippen molar-refractivity contribution in [2.24, 2.45) is 0 Å². The molecule has 1 fully saturated rings. The largest absolute Gasteiger partial charge is 0.467 e. The van der Waals surface area contributed by atoms with Gasteiger partial charge in [-0.2, -0.15) is 11.8 Å². The van der Waals surface area contributed by atoms with Gasteiger partial charge in [0.2, 0.25) is 0 Å². The number of carbonyl (C=O) groups excluding carboxylic acids is 2. The molecule has 0 aromatic heterocycles. The van der Waals surface area contributed by atoms with Crippen LogP contribution in [0.4, 0.5) is 0 Å². The first-order valence-corrected chi connectivity index (χ1v) is 9.73. The van der Waals surface area contributed by atoms with E-state index in [-0.39, 0.29) is 30.3 Å². The lowest BCUT2D eigenvalue weighted by molar-refractivity contribution is -0.147. The van der Waals surface area contributed by atoms with E-state index >= 15 is 0 Å². The Hall–Kier alpha value is -1.24. The minimum Gasteiger partial charge on any atom is -0.467 e. The van der Waals surface area contributed by atoms with Crippen molar-refractivity contribution < 1.29 is 14.3 Å². The minimum atomic E-state index is -0.529. The lowest BCUT2D eigenvalue weighted by atomic mass is 9.99. The zero-order chi connectivity index (χ0) is 17.4. The van der Waals surface area contributed by atoms with Crippen LogP contribution in [0.1, 0.15) is 29.6 Å². The minimum absolute atomic E-state index is 0. The highest BCUT2D eigenvalue weighted by Crippen LogP contribution is 2.22. The first kappa shape index (κ1) is 21.8. The number of carbonyl (C=O) groups is 2. The van der Waals surface area contributed by atoms with Crippen LogP contribution in [0.3, 0.4) is 0 Å². The number of nitrogens with zero attached hydrogens (tertiary/aromatic N) is 1. The summed E-state index contributed by atoms with van der Waals surface area (Å²) < 4.78 is 5.01. The van der Waals surface area contributed by atoms with Gasteiger partial charge < -0.3 is 15.0 Å². The van der Waals surface area contributed by atoms with Gasteiger partial charge >= 0.3 is 5.97 Å². The molecule has 1 N–H and O–H groups in total. The Morgan fingerprint density at radius 2 is 1.92 bits per heavy atom. The van der Waals surface area contributed by atoms with Gasteiger partial charge in [-0.3, -0.25) is 4.79 Å². The lowest BCUT2D eigenvalue weighted by Gasteiger charge is -2.39. The van der Waals surface area contributed by atoms with Crippen molar-refractivity contribution in [3.63, 3.8) is 0 Å². The van der Waals surface area contributed by atoms with E-state index in [0.717, 1.165) is 31.7 Å². The van der Waals surface area contributed by atoms with Gasteiger partial charge in [0, 0.05) is 11.6 Å². The van der Waals surface area contributed by atoms with Crippen molar-refractivity contribution in [3.8, 4) is 0 Å². The fourth-order valence-corrected chi connectivity index (χ4v) is 3.57. The molecule has 2 rings (SSSR count). The van der Waals surface area contributed by atoms with Crippen LogP contribution in [-0.4, -0.2) is 61.1 Å². The van der Waals surface area contributed by atoms with Crippen LogP contribution in [0.2, 0.25) is 0 Å². The average molecular weight is 387 g/mol. The quantitative estimate of drug-likeness (QED) is 0.730. The number of thioether (sulfide) groups is 1. The van der Waals surface area contributed by atoms with Gasteiger partial charge in [-0.1, -0.05) is 18.2 Å². The lowest BCUT2D eigenvalue weighted by Crippen LogP contribution is -2.54. The van der Waals surface area contributed by atoms with Gasteiger partial charge in [0.1, 0.15) is 6.04 Å². The van der Waals surface area contributed by atoms with E-state index < -0.39 is 6.04 Å². The van der Waals surface area contributed by atoms with Crippen LogP contribution in [0.15, 0.2) is 30.3 Å². The highest BCUT2D eigenvalue weighted by atomic mass is 35.5. The van der Waals surface area contributed by atoms with Crippen LogP contribution < -0.4 is 5.32 Å². The van der Waals surface area contributed by atoms with Crippen molar-refractivity contribution in [1.82, 2.24) is 10.2 Å². The van der Waals surface area contributed by atoms with Crippen LogP contribution in [0.5, 0.6) is 0 Å². The van der Waals surface area contributed by atoms with Crippen molar-refractivity contribution in [3.05, 3.63) is 35.9 Å². The number of hydrogen-bond donors (Lipinski definition) is 1. The number of esters is 1. The first-order chi connectivity index (χ1) is 11.7. The standard InChI is InChI=1S/C18H26N2O3S.ClH/c1-23-18(22)16(10-13-24-2)20(15-8-11-19-12-9-15)17(21)14-6-4-3-5-7-14;/h3-7,15-16,19H,8-13H2,1-2H3;1H/t16-;/m0./s1. The summed E-state index contributed by atoms with van der Waals surface area (Å²) in [5, 5.41) is 3.32. The number of ether oxygens (including phenoxy) is 1. The molecule has 0 unspecified atom stereocenters. The molecule has 1 saturated heterocycles. The maximum Gasteiger partial charge on any atom is 0.328 e. The Balaban J connectivity index is 0.00000312. The third kappa shape index (κ3) is 5.90. The molecule has 1 aromatic rings. The predicted molar refractivity (Wildman–Crippen MR) is 105 cm³/mol. The third-order valence-electron chi connectivity index (χ3n) is 4.36. The van der Waals surface area contributed by atoms with E-state index in [0.29, 0.717) is 12.0 Å². The van der Waals surface area contributed by atoms with E-state index in [1.54, 1.807) is 28.8 Å². The van der Waals surface area contributed by atoms with Crippen LogP contribution >= 0.6 is 24.2 Å². The van der Waals surface area contributed by atoms with E-state index in [9.17, 15) is 9.59 Å². The summed E-state index contributed by atoms with van der Waals surface area (Å²) in [5.74, 6) is 0.398. The van der Waals surface area contributed by atoms with Crippen molar-refractivity contribution in [1.29, 1.82) is 0 Å². The molecule has 0 bridgehead atoms. The van der Waals surface area contributed by atoms with Gasteiger partial charge in [-0.15, -0.1) is 12.4 Å². The number of hydrogen-bond acceptors (Lipinski definition) is 5. The Bertz CT molecular complexity index is 538. The Kier molecular flexibility index (Phi) is 9.93. The van der Waals surface area contributed by atoms with Gasteiger partial charge in [-0.05, 0) is 56.5 Å². The summed E-state index contributed by atoms with van der Waals surface area (Å²) in [5.41, 5.74) is 0.620. The zero-order valence-corrected chi connectivity index (χ0v) is 16.4. The molecule has 5 nitrogen and oxygen atoms in total. The number of amides is 1. The number of benzene rings is 1. The molecule has 0 saturated carbocycles. The molecule has 25 heavy (non-hydrogen) atoms. The smallest absolute Gasteiger partial charge is 0.328 e. The van der Waals surface area contributed by atoms with E-state index in [4.69, 9.17) is 4.74 Å². The van der Waals surface area contributed by atoms with Gasteiger partial charge in [0.25, 0.3) is 5.91 Å². The summed E-state index contributed by atoms with van der Waals surface area (Å²) in [6.07, 6.45) is 4.31. The molecule has 1 aliphatic rings. The number of piperidine rings is 1. The van der Waals surface area contributed by atoms with Gasteiger partial charge in [-0.25, -0.2) is 4.79 Å². The summed E-state index contributed by atoms with van der Waals surface area (Å²) in [6.45, 7) is 1.72. The molecule has 140 valence electrons. The van der Waals surface area contributed by atoms with E-state index in [1.165, 1.54) is 7.11 Å². The molecule has 0 radical (unpaired) electrons. The first-order valence-electron chi connectivity index (χ1n) is 8.34. The SMILES string of the molecule is COC(=O)[C@H](CCSC)N(C(=O)c1ccccc1)C1CCNCC1.Cl. The topological polar surface area (TPSA) is 58.6 Å². The fourth-order valence-electron chi connectivity index (χ4n) is 3.11. The van der Waals surface area contributed by atoms with Gasteiger partial charge in [0.05, 0.1) is 7.11 Å². The summed E-state index contributed by atoms with van der Waals surface area (Å²) in [7, 11) is 1.39. The molecule has 7 heteroatoms. The maximum absolute atomic E-state index is 13.2. The third-order valence-corrected chi connectivity index (χ3v) is 5.01. The zero-order valence-electron chi connectivity index (χ0n) is 14.8. The average Bonchev–Trinajstić information content (AvgIpc) is 2.65. The highest BCUT2D eigenvalue weighted by molar-refractivity contribution is 7.98. The number of rotatable bonds is 7. The van der Waals surface area contributed by atoms with Crippen molar-refractivity contribution >= 4 is 36.0 Å². The van der Waals surface area contributed by atoms with Crippen LogP contribution in [0.25, 0.3) is 0 Å². The van der Waals surface area contributed by atoms with E-state index in [1.807, 2.05) is 24.5 Å². The molecule has 1 aromatic carbocycles. The monoisotopic (exact) mass is 386 g/mol. The number of nitrogens with one attached hydrogen (secondary N) is 1. The Morgan fingerprint density at radius 1 is 1.28 bits per heavy atom. The highest BCUT2D eigenvalue weighted by Gasteiger charge is 2.36. The fraction of sp³-hybridized carbons (Fsp3) is 0.556. The normalized spacial score (nSPS) is 15.8. The molecule has 1 aliphatic heterocycles. The molecule has 1 amide bonds. The van der Waals surface area contributed by atoms with Crippen molar-refractivity contribution in [2.75, 3.05) is 32.2 Å². The Labute approximate surface area is 160 Å². The Morgan fingerprint density at radius 3 is 2.48 bits per heavy atom.